The van der Waals surface area contributed by atoms with Crippen LogP contribution in [0.4, 0.5) is 19.7 Å². The molecule has 3 aromatic rings. The number of anilines is 1. The normalized spacial score (nSPS) is 12.4. The first-order valence-corrected chi connectivity index (χ1v) is 12.7. The number of carbonyl (C=O) groups excluding carboxylic acids is 2. The van der Waals surface area contributed by atoms with Gasteiger partial charge in [-0.1, -0.05) is 12.1 Å². The minimum atomic E-state index is -1.72. The molecular formula is C29H34FN3O7. The van der Waals surface area contributed by atoms with Crippen molar-refractivity contribution in [3.8, 4) is 5.75 Å². The lowest BCUT2D eigenvalue weighted by molar-refractivity contribution is -0.139. The van der Waals surface area contributed by atoms with Crippen molar-refractivity contribution in [2.45, 2.75) is 65.7 Å². The average molecular weight is 556 g/mol. The second kappa shape index (κ2) is 11.8. The Morgan fingerprint density at radius 2 is 1.60 bits per heavy atom. The maximum Gasteiger partial charge on any atom is 0.439 e. The highest BCUT2D eigenvalue weighted by Crippen LogP contribution is 2.35. The summed E-state index contributed by atoms with van der Waals surface area (Å²) in [4.78, 5) is 44.1. The molecule has 0 fully saturated rings. The van der Waals surface area contributed by atoms with E-state index < -0.39 is 41.2 Å². The van der Waals surface area contributed by atoms with Crippen molar-refractivity contribution in [1.82, 2.24) is 9.99 Å². The summed E-state index contributed by atoms with van der Waals surface area (Å²) in [5, 5.41) is 12.4. The summed E-state index contributed by atoms with van der Waals surface area (Å²) in [6, 6.07) is 8.45. The highest BCUT2D eigenvalue weighted by molar-refractivity contribution is 5.94. The Labute approximate surface area is 232 Å². The van der Waals surface area contributed by atoms with Gasteiger partial charge in [0, 0.05) is 17.8 Å². The van der Waals surface area contributed by atoms with Crippen molar-refractivity contribution in [3.05, 3.63) is 66.2 Å². The van der Waals surface area contributed by atoms with Gasteiger partial charge in [-0.05, 0) is 89.7 Å². The van der Waals surface area contributed by atoms with E-state index in [-0.39, 0.29) is 16.6 Å². The van der Waals surface area contributed by atoms with Crippen LogP contribution in [-0.4, -0.2) is 51.1 Å². The van der Waals surface area contributed by atoms with E-state index in [9.17, 15) is 19.5 Å². The number of amides is 2. The predicted molar refractivity (Wildman–Crippen MR) is 146 cm³/mol. The Hall–Kier alpha value is -4.41. The Morgan fingerprint density at radius 1 is 0.975 bits per heavy atom. The number of hydrogen-bond acceptors (Lipinski definition) is 8. The number of carboxylic acid groups (broad SMARTS) is 1. The molecule has 2 aromatic carbocycles. The molecular weight excluding hydrogens is 521 g/mol. The zero-order valence-electron chi connectivity index (χ0n) is 23.6. The Kier molecular flexibility index (Phi) is 8.87. The Balaban J connectivity index is 2.36. The maximum atomic E-state index is 15.4. The zero-order chi connectivity index (χ0) is 29.8. The molecule has 1 N–H and O–H groups in total. The molecule has 3 rings (SSSR count). The van der Waals surface area contributed by atoms with Crippen molar-refractivity contribution >= 4 is 34.6 Å². The van der Waals surface area contributed by atoms with Gasteiger partial charge in [-0.15, -0.1) is 5.01 Å². The standard InChI is InChI=1S/C29H34FN3O7/c1-8-38-21-11-9-10-19(15-21)24(25(34)35)32(20-14-18-12-13-31-17-22(18)23(30)16-20)33(26(36)39-28(2,3)4)27(37)40-29(5,6)7/h9-17,24H,8H2,1-7H3,(H,34,35). The van der Waals surface area contributed by atoms with E-state index in [1.165, 1.54) is 36.7 Å². The fourth-order valence-corrected chi connectivity index (χ4v) is 3.84. The summed E-state index contributed by atoms with van der Waals surface area (Å²) in [7, 11) is 0. The minimum Gasteiger partial charge on any atom is -0.494 e. The van der Waals surface area contributed by atoms with Crippen LogP contribution in [0.15, 0.2) is 54.9 Å². The summed E-state index contributed by atoms with van der Waals surface area (Å²) in [5.74, 6) is -1.82. The summed E-state index contributed by atoms with van der Waals surface area (Å²) in [5.41, 5.74) is -2.12. The van der Waals surface area contributed by atoms with Gasteiger partial charge in [-0.2, -0.15) is 0 Å². The number of rotatable bonds is 7. The van der Waals surface area contributed by atoms with Crippen LogP contribution in [-0.2, 0) is 14.3 Å². The molecule has 2 amide bonds. The van der Waals surface area contributed by atoms with E-state index >= 15 is 4.39 Å². The van der Waals surface area contributed by atoms with Gasteiger partial charge >= 0.3 is 18.2 Å². The van der Waals surface area contributed by atoms with Crippen LogP contribution in [0.25, 0.3) is 10.8 Å². The molecule has 40 heavy (non-hydrogen) atoms. The molecule has 0 aliphatic rings. The Bertz CT molecular complexity index is 1370. The third kappa shape index (κ3) is 7.37. The van der Waals surface area contributed by atoms with Crippen LogP contribution in [0.2, 0.25) is 0 Å². The molecule has 10 nitrogen and oxygen atoms in total. The number of carbonyl (C=O) groups is 3. The first-order valence-electron chi connectivity index (χ1n) is 12.7. The van der Waals surface area contributed by atoms with Gasteiger partial charge in [0.15, 0.2) is 6.04 Å². The molecule has 0 radical (unpaired) electrons. The minimum absolute atomic E-state index is 0.123. The molecule has 11 heteroatoms. The number of hydrazine groups is 1. The second-order valence-corrected chi connectivity index (χ2v) is 10.9. The van der Waals surface area contributed by atoms with E-state index in [0.29, 0.717) is 22.8 Å². The second-order valence-electron chi connectivity index (χ2n) is 10.9. The molecule has 0 saturated carbocycles. The van der Waals surface area contributed by atoms with Crippen LogP contribution in [0.5, 0.6) is 5.75 Å². The zero-order valence-corrected chi connectivity index (χ0v) is 23.6. The number of hydrogen-bond donors (Lipinski definition) is 1. The average Bonchev–Trinajstić information content (AvgIpc) is 2.81. The summed E-state index contributed by atoms with van der Waals surface area (Å²) in [6.45, 7) is 11.6. The van der Waals surface area contributed by atoms with Gasteiger partial charge in [0.05, 0.1) is 12.3 Å². The molecule has 0 spiro atoms. The molecule has 1 atom stereocenters. The van der Waals surface area contributed by atoms with Crippen molar-refractivity contribution in [2.24, 2.45) is 0 Å². The van der Waals surface area contributed by atoms with Crippen LogP contribution in [0.1, 0.15) is 60.1 Å². The number of nitrogens with zero attached hydrogens (tertiary/aromatic N) is 3. The van der Waals surface area contributed by atoms with Gasteiger partial charge in [0.25, 0.3) is 0 Å². The van der Waals surface area contributed by atoms with Gasteiger partial charge in [0.2, 0.25) is 0 Å². The maximum absolute atomic E-state index is 15.4. The lowest BCUT2D eigenvalue weighted by Gasteiger charge is -2.39. The molecule has 1 unspecified atom stereocenters. The Morgan fingerprint density at radius 3 is 2.15 bits per heavy atom. The fourth-order valence-electron chi connectivity index (χ4n) is 3.84. The number of imide groups is 1. The molecule has 214 valence electrons. The number of ether oxygens (including phenoxy) is 3. The third-order valence-corrected chi connectivity index (χ3v) is 5.27. The highest BCUT2D eigenvalue weighted by Gasteiger charge is 2.43. The predicted octanol–water partition coefficient (Wildman–Crippen LogP) is 6.49. The molecule has 0 bridgehead atoms. The van der Waals surface area contributed by atoms with E-state index in [1.807, 2.05) is 0 Å². The van der Waals surface area contributed by atoms with Crippen LogP contribution in [0, 0.1) is 5.82 Å². The van der Waals surface area contributed by atoms with Crippen molar-refractivity contribution in [3.63, 3.8) is 0 Å². The number of aliphatic carboxylic acids is 1. The van der Waals surface area contributed by atoms with E-state index in [2.05, 4.69) is 4.98 Å². The van der Waals surface area contributed by atoms with E-state index in [1.54, 1.807) is 60.6 Å². The lowest BCUT2D eigenvalue weighted by atomic mass is 10.0. The van der Waals surface area contributed by atoms with Crippen molar-refractivity contribution in [1.29, 1.82) is 0 Å². The number of pyridine rings is 1. The number of fused-ring (bicyclic) bond motifs is 1. The number of aromatic nitrogens is 1. The number of benzene rings is 2. The van der Waals surface area contributed by atoms with Gasteiger partial charge in [-0.3, -0.25) is 9.99 Å². The SMILES string of the molecule is CCOc1cccc(C(C(=O)O)N(c2cc(F)c3cnccc3c2)N(C(=O)OC(C)(C)C)C(=O)OC(C)(C)C)c1. The van der Waals surface area contributed by atoms with Crippen molar-refractivity contribution in [2.75, 3.05) is 11.6 Å². The van der Waals surface area contributed by atoms with Crippen molar-refractivity contribution < 1.29 is 38.1 Å². The number of halogens is 1. The summed E-state index contributed by atoms with van der Waals surface area (Å²) < 4.78 is 31.9. The van der Waals surface area contributed by atoms with Gasteiger partial charge < -0.3 is 19.3 Å². The molecule has 1 heterocycles. The first kappa shape index (κ1) is 30.1. The smallest absolute Gasteiger partial charge is 0.439 e. The van der Waals surface area contributed by atoms with Crippen LogP contribution in [0.3, 0.4) is 0 Å². The van der Waals surface area contributed by atoms with Crippen LogP contribution < -0.4 is 9.75 Å². The monoisotopic (exact) mass is 555 g/mol. The van der Waals surface area contributed by atoms with Crippen LogP contribution >= 0.6 is 0 Å². The molecule has 0 saturated heterocycles. The van der Waals surface area contributed by atoms with Gasteiger partial charge in [-0.25, -0.2) is 18.8 Å². The largest absolute Gasteiger partial charge is 0.494 e. The lowest BCUT2D eigenvalue weighted by Crippen LogP contribution is -2.56. The summed E-state index contributed by atoms with van der Waals surface area (Å²) >= 11 is 0. The molecule has 1 aromatic heterocycles. The number of carboxylic acids is 1. The first-order chi connectivity index (χ1) is 18.6. The van der Waals surface area contributed by atoms with E-state index in [0.717, 1.165) is 11.1 Å². The highest BCUT2D eigenvalue weighted by atomic mass is 19.1. The topological polar surface area (TPSA) is 119 Å². The quantitative estimate of drug-likeness (QED) is 0.326. The summed E-state index contributed by atoms with van der Waals surface area (Å²) in [6.07, 6.45) is 0.321. The third-order valence-electron chi connectivity index (χ3n) is 5.27. The fraction of sp³-hybridized carbons (Fsp3) is 0.379. The van der Waals surface area contributed by atoms with Gasteiger partial charge in [0.1, 0.15) is 22.8 Å². The molecule has 0 aliphatic heterocycles. The molecule has 0 aliphatic carbocycles. The van der Waals surface area contributed by atoms with E-state index in [4.69, 9.17) is 14.2 Å².